The van der Waals surface area contributed by atoms with Gasteiger partial charge in [-0.3, -0.25) is 9.69 Å². The van der Waals surface area contributed by atoms with Gasteiger partial charge in [0, 0.05) is 30.7 Å². The van der Waals surface area contributed by atoms with Crippen LogP contribution in [-0.2, 0) is 6.54 Å². The predicted octanol–water partition coefficient (Wildman–Crippen LogP) is 6.34. The minimum Gasteiger partial charge on any atom is -0.508 e. The van der Waals surface area contributed by atoms with Gasteiger partial charge in [-0.15, -0.1) is 0 Å². The summed E-state index contributed by atoms with van der Waals surface area (Å²) in [5.74, 6) is 1.30. The molecule has 5 heteroatoms. The van der Waals surface area contributed by atoms with E-state index in [4.69, 9.17) is 4.42 Å². The zero-order chi connectivity index (χ0) is 24.9. The van der Waals surface area contributed by atoms with Gasteiger partial charge in [-0.25, -0.2) is 0 Å². The number of benzene rings is 2. The molecule has 0 spiro atoms. The zero-order valence-corrected chi connectivity index (χ0v) is 21.2. The van der Waals surface area contributed by atoms with Gasteiger partial charge in [-0.1, -0.05) is 29.8 Å². The van der Waals surface area contributed by atoms with Crippen molar-refractivity contribution in [3.8, 4) is 5.75 Å². The van der Waals surface area contributed by atoms with Crippen LogP contribution in [0.25, 0.3) is 5.57 Å². The Morgan fingerprint density at radius 2 is 1.57 bits per heavy atom. The second-order valence-electron chi connectivity index (χ2n) is 9.86. The van der Waals surface area contributed by atoms with E-state index in [2.05, 4.69) is 38.7 Å². The molecular formula is C30H36N2O3. The molecule has 1 aromatic heterocycles. The van der Waals surface area contributed by atoms with Gasteiger partial charge in [0.25, 0.3) is 5.91 Å². The standard InChI is InChI=1S/C30H36N2O3/c1-21(2)32(22(3)4)30(34)25-12-10-23(11-13-25)29(26-7-5-8-27(33)19-26)24-14-16-31(17-15-24)20-28-9-6-18-35-28/h5-13,18-19,21-22,33H,14-17,20H2,1-4H3. The molecule has 0 bridgehead atoms. The van der Waals surface area contributed by atoms with Crippen LogP contribution in [0.2, 0.25) is 0 Å². The third kappa shape index (κ3) is 5.85. The maximum absolute atomic E-state index is 13.2. The minimum absolute atomic E-state index is 0.0549. The lowest BCUT2D eigenvalue weighted by Crippen LogP contribution is -2.42. The molecule has 1 aliphatic rings. The lowest BCUT2D eigenvalue weighted by atomic mass is 9.88. The first-order valence-electron chi connectivity index (χ1n) is 12.5. The Morgan fingerprint density at radius 3 is 2.14 bits per heavy atom. The number of likely N-dealkylation sites (tertiary alicyclic amines) is 1. The number of rotatable bonds is 7. The number of piperidine rings is 1. The molecule has 0 unspecified atom stereocenters. The Kier molecular flexibility index (Phi) is 7.76. The molecule has 0 atom stereocenters. The number of furan rings is 1. The quantitative estimate of drug-likeness (QED) is 0.436. The van der Waals surface area contributed by atoms with Gasteiger partial charge in [0.15, 0.2) is 0 Å². The second-order valence-corrected chi connectivity index (χ2v) is 9.86. The number of hydrogen-bond acceptors (Lipinski definition) is 4. The molecule has 0 radical (unpaired) electrons. The van der Waals surface area contributed by atoms with Crippen molar-refractivity contribution in [3.63, 3.8) is 0 Å². The van der Waals surface area contributed by atoms with E-state index in [9.17, 15) is 9.90 Å². The molecule has 0 aliphatic carbocycles. The van der Waals surface area contributed by atoms with E-state index < -0.39 is 0 Å². The Balaban J connectivity index is 1.62. The molecule has 2 aromatic carbocycles. The molecule has 3 aromatic rings. The number of carbonyl (C=O) groups is 1. The number of hydrogen-bond donors (Lipinski definition) is 1. The molecule has 184 valence electrons. The van der Waals surface area contributed by atoms with Gasteiger partial charge in [-0.05, 0) is 93.6 Å². The van der Waals surface area contributed by atoms with Crippen LogP contribution >= 0.6 is 0 Å². The molecule has 1 aliphatic heterocycles. The fourth-order valence-electron chi connectivity index (χ4n) is 5.08. The van der Waals surface area contributed by atoms with Crippen LogP contribution in [0.1, 0.15) is 67.8 Å². The number of carbonyl (C=O) groups excluding carboxylic acids is 1. The first-order chi connectivity index (χ1) is 16.8. The summed E-state index contributed by atoms with van der Waals surface area (Å²) in [4.78, 5) is 17.5. The van der Waals surface area contributed by atoms with Crippen molar-refractivity contribution < 1.29 is 14.3 Å². The summed E-state index contributed by atoms with van der Waals surface area (Å²) in [5.41, 5.74) is 5.30. The van der Waals surface area contributed by atoms with Crippen molar-refractivity contribution >= 4 is 11.5 Å². The van der Waals surface area contributed by atoms with Gasteiger partial charge >= 0.3 is 0 Å². The third-order valence-corrected chi connectivity index (χ3v) is 6.68. The van der Waals surface area contributed by atoms with Crippen LogP contribution in [0, 0.1) is 0 Å². The molecule has 1 fully saturated rings. The fraction of sp³-hybridized carbons (Fsp3) is 0.367. The first-order valence-corrected chi connectivity index (χ1v) is 12.5. The average molecular weight is 473 g/mol. The van der Waals surface area contributed by atoms with Gasteiger partial charge in [0.1, 0.15) is 11.5 Å². The summed E-state index contributed by atoms with van der Waals surface area (Å²) in [6, 6.07) is 19.7. The van der Waals surface area contributed by atoms with Crippen molar-refractivity contribution in [2.24, 2.45) is 0 Å². The number of phenolic OH excluding ortho intramolecular Hbond substituents is 1. The average Bonchev–Trinajstić information content (AvgIpc) is 3.33. The highest BCUT2D eigenvalue weighted by Gasteiger charge is 2.23. The van der Waals surface area contributed by atoms with Crippen LogP contribution < -0.4 is 0 Å². The lowest BCUT2D eigenvalue weighted by molar-refractivity contribution is 0.0643. The van der Waals surface area contributed by atoms with Crippen molar-refractivity contribution in [1.29, 1.82) is 0 Å². The van der Waals surface area contributed by atoms with E-state index in [1.165, 1.54) is 5.57 Å². The first kappa shape index (κ1) is 24.8. The van der Waals surface area contributed by atoms with E-state index in [1.807, 2.05) is 53.4 Å². The fourth-order valence-corrected chi connectivity index (χ4v) is 5.08. The van der Waals surface area contributed by atoms with E-state index >= 15 is 0 Å². The van der Waals surface area contributed by atoms with E-state index in [1.54, 1.807) is 12.3 Å². The smallest absolute Gasteiger partial charge is 0.254 e. The second kappa shape index (κ2) is 11.0. The van der Waals surface area contributed by atoms with Gasteiger partial charge in [0.2, 0.25) is 0 Å². The highest BCUT2D eigenvalue weighted by Crippen LogP contribution is 2.34. The number of amides is 1. The van der Waals surface area contributed by atoms with Crippen LogP contribution in [0.5, 0.6) is 5.75 Å². The molecule has 4 rings (SSSR count). The number of phenols is 1. The summed E-state index contributed by atoms with van der Waals surface area (Å²) in [6.07, 6.45) is 3.61. The van der Waals surface area contributed by atoms with Crippen LogP contribution in [0.3, 0.4) is 0 Å². The van der Waals surface area contributed by atoms with E-state index in [-0.39, 0.29) is 23.7 Å². The molecule has 5 nitrogen and oxygen atoms in total. The largest absolute Gasteiger partial charge is 0.508 e. The van der Waals surface area contributed by atoms with E-state index in [0.29, 0.717) is 5.56 Å². The molecule has 0 saturated carbocycles. The topological polar surface area (TPSA) is 56.9 Å². The Bertz CT molecular complexity index is 1140. The Labute approximate surface area is 208 Å². The summed E-state index contributed by atoms with van der Waals surface area (Å²) in [7, 11) is 0. The summed E-state index contributed by atoms with van der Waals surface area (Å²) >= 11 is 0. The highest BCUT2D eigenvalue weighted by molar-refractivity contribution is 5.95. The third-order valence-electron chi connectivity index (χ3n) is 6.68. The molecule has 1 N–H and O–H groups in total. The summed E-state index contributed by atoms with van der Waals surface area (Å²) in [5, 5.41) is 10.2. The van der Waals surface area contributed by atoms with Crippen LogP contribution in [-0.4, -0.2) is 46.0 Å². The van der Waals surface area contributed by atoms with Gasteiger partial charge in [0.05, 0.1) is 12.8 Å². The van der Waals surface area contributed by atoms with Crippen molar-refractivity contribution in [2.45, 2.75) is 59.2 Å². The molecular weight excluding hydrogens is 436 g/mol. The van der Waals surface area contributed by atoms with Crippen LogP contribution in [0.15, 0.2) is 76.9 Å². The Morgan fingerprint density at radius 1 is 0.914 bits per heavy atom. The van der Waals surface area contributed by atoms with E-state index in [0.717, 1.165) is 54.9 Å². The Hall–Kier alpha value is -3.31. The minimum atomic E-state index is 0.0549. The van der Waals surface area contributed by atoms with Gasteiger partial charge < -0.3 is 14.4 Å². The van der Waals surface area contributed by atoms with Crippen molar-refractivity contribution in [1.82, 2.24) is 9.80 Å². The lowest BCUT2D eigenvalue weighted by Gasteiger charge is -2.31. The van der Waals surface area contributed by atoms with Crippen LogP contribution in [0.4, 0.5) is 0 Å². The number of aromatic hydroxyl groups is 1. The highest BCUT2D eigenvalue weighted by atomic mass is 16.3. The molecule has 2 heterocycles. The molecule has 1 saturated heterocycles. The normalized spacial score (nSPS) is 14.5. The summed E-state index contributed by atoms with van der Waals surface area (Å²) < 4.78 is 5.53. The maximum atomic E-state index is 13.2. The van der Waals surface area contributed by atoms with Crippen molar-refractivity contribution in [2.75, 3.05) is 13.1 Å². The molecule has 1 amide bonds. The molecule has 35 heavy (non-hydrogen) atoms. The van der Waals surface area contributed by atoms with Gasteiger partial charge in [-0.2, -0.15) is 0 Å². The SMILES string of the molecule is CC(C)N(C(=O)c1ccc(C(=C2CCN(Cc3ccco3)CC2)c2cccc(O)c2)cc1)C(C)C. The monoisotopic (exact) mass is 472 g/mol. The van der Waals surface area contributed by atoms with Crippen molar-refractivity contribution in [3.05, 3.63) is 95.0 Å². The maximum Gasteiger partial charge on any atom is 0.254 e. The number of nitrogens with zero attached hydrogens (tertiary/aromatic N) is 2. The zero-order valence-electron chi connectivity index (χ0n) is 21.2. The summed E-state index contributed by atoms with van der Waals surface area (Å²) in [6.45, 7) is 10.9. The predicted molar refractivity (Wildman–Crippen MR) is 140 cm³/mol.